The predicted octanol–water partition coefficient (Wildman–Crippen LogP) is 2.52. The van der Waals surface area contributed by atoms with Gasteiger partial charge in [0, 0.05) is 36.7 Å². The molecule has 0 saturated heterocycles. The van der Waals surface area contributed by atoms with E-state index in [1.807, 2.05) is 0 Å². The molecule has 0 fully saturated rings. The zero-order valence-electron chi connectivity index (χ0n) is 11.6. The quantitative estimate of drug-likeness (QED) is 0.878. The summed E-state index contributed by atoms with van der Waals surface area (Å²) in [6.07, 6.45) is 2.22. The number of rotatable bonds is 5. The first-order valence-electron chi connectivity index (χ1n) is 6.71. The molecule has 0 saturated carbocycles. The van der Waals surface area contributed by atoms with Crippen molar-refractivity contribution in [3.8, 4) is 0 Å². The summed E-state index contributed by atoms with van der Waals surface area (Å²) >= 11 is 0. The van der Waals surface area contributed by atoms with Gasteiger partial charge in [-0.2, -0.15) is 0 Å². The second-order valence-corrected chi connectivity index (χ2v) is 4.69. The van der Waals surface area contributed by atoms with Crippen LogP contribution in [0.3, 0.4) is 0 Å². The van der Waals surface area contributed by atoms with E-state index in [0.29, 0.717) is 12.6 Å². The Morgan fingerprint density at radius 2 is 1.89 bits per heavy atom. The third-order valence-corrected chi connectivity index (χ3v) is 3.76. The lowest BCUT2D eigenvalue weighted by molar-refractivity contribution is 0.225. The van der Waals surface area contributed by atoms with Crippen molar-refractivity contribution >= 4 is 10.9 Å². The van der Waals surface area contributed by atoms with Crippen LogP contribution in [0.4, 0.5) is 0 Å². The van der Waals surface area contributed by atoms with Crippen molar-refractivity contribution in [3.63, 3.8) is 0 Å². The van der Waals surface area contributed by atoms with Crippen LogP contribution in [0.5, 0.6) is 0 Å². The smallest absolute Gasteiger partial charge is 0.0491 e. The minimum absolute atomic E-state index is 0.311. The molecule has 0 spiro atoms. The van der Waals surface area contributed by atoms with E-state index in [0.717, 1.165) is 13.1 Å². The van der Waals surface area contributed by atoms with Gasteiger partial charge < -0.3 is 10.3 Å². The highest BCUT2D eigenvalue weighted by Crippen LogP contribution is 2.28. The first kappa shape index (κ1) is 13.1. The molecule has 1 heterocycles. The Bertz CT molecular complexity index is 511. The summed E-state index contributed by atoms with van der Waals surface area (Å²) in [5.74, 6) is 0. The van der Waals surface area contributed by atoms with Crippen molar-refractivity contribution in [3.05, 3.63) is 36.0 Å². The van der Waals surface area contributed by atoms with Crippen molar-refractivity contribution in [2.45, 2.75) is 19.9 Å². The first-order valence-corrected chi connectivity index (χ1v) is 6.71. The highest BCUT2D eigenvalue weighted by Gasteiger charge is 2.20. The van der Waals surface area contributed by atoms with Gasteiger partial charge in [-0.1, -0.05) is 32.0 Å². The molecular formula is C15H23N3. The van der Waals surface area contributed by atoms with E-state index in [-0.39, 0.29) is 0 Å². The van der Waals surface area contributed by atoms with Crippen molar-refractivity contribution in [1.82, 2.24) is 9.47 Å². The summed E-state index contributed by atoms with van der Waals surface area (Å²) in [7, 11) is 2.10. The average molecular weight is 245 g/mol. The molecule has 1 aromatic heterocycles. The number of hydrogen-bond donors (Lipinski definition) is 1. The zero-order chi connectivity index (χ0) is 13.1. The fourth-order valence-corrected chi connectivity index (χ4v) is 2.78. The number of fused-ring (bicyclic) bond motifs is 1. The molecule has 2 aromatic rings. The van der Waals surface area contributed by atoms with Gasteiger partial charge in [-0.25, -0.2) is 0 Å². The molecule has 0 radical (unpaired) electrons. The van der Waals surface area contributed by atoms with E-state index in [1.165, 1.54) is 16.5 Å². The van der Waals surface area contributed by atoms with Crippen molar-refractivity contribution in [2.75, 3.05) is 19.6 Å². The van der Waals surface area contributed by atoms with Gasteiger partial charge >= 0.3 is 0 Å². The largest absolute Gasteiger partial charge is 0.350 e. The highest BCUT2D eigenvalue weighted by atomic mass is 15.2. The topological polar surface area (TPSA) is 34.2 Å². The van der Waals surface area contributed by atoms with E-state index in [2.05, 4.69) is 60.8 Å². The lowest BCUT2D eigenvalue weighted by Gasteiger charge is -2.28. The van der Waals surface area contributed by atoms with Crippen LogP contribution < -0.4 is 5.73 Å². The molecule has 98 valence electrons. The Balaban J connectivity index is 2.51. The molecular weight excluding hydrogens is 222 g/mol. The third kappa shape index (κ3) is 2.16. The van der Waals surface area contributed by atoms with Gasteiger partial charge in [0.25, 0.3) is 0 Å². The maximum absolute atomic E-state index is 6.01. The van der Waals surface area contributed by atoms with E-state index in [9.17, 15) is 0 Å². The number of aryl methyl sites for hydroxylation is 1. The van der Waals surface area contributed by atoms with E-state index >= 15 is 0 Å². The number of hydrogen-bond acceptors (Lipinski definition) is 2. The van der Waals surface area contributed by atoms with Crippen LogP contribution in [0.1, 0.15) is 25.5 Å². The number of likely N-dealkylation sites (N-methyl/N-ethyl adjacent to an activating group) is 1. The summed E-state index contributed by atoms with van der Waals surface area (Å²) < 4.78 is 2.19. The molecule has 0 amide bonds. The molecule has 0 aliphatic rings. The molecule has 1 aromatic carbocycles. The summed E-state index contributed by atoms with van der Waals surface area (Å²) in [6.45, 7) is 7.10. The Kier molecular flexibility index (Phi) is 4.04. The van der Waals surface area contributed by atoms with Gasteiger partial charge in [-0.3, -0.25) is 4.90 Å². The number of aromatic nitrogens is 1. The lowest BCUT2D eigenvalue weighted by Crippen LogP contribution is -2.33. The van der Waals surface area contributed by atoms with Crippen molar-refractivity contribution in [2.24, 2.45) is 12.8 Å². The van der Waals surface area contributed by atoms with Crippen LogP contribution in [0, 0.1) is 0 Å². The molecule has 1 unspecified atom stereocenters. The maximum Gasteiger partial charge on any atom is 0.0491 e. The average Bonchev–Trinajstić information content (AvgIpc) is 2.74. The monoisotopic (exact) mass is 245 g/mol. The van der Waals surface area contributed by atoms with Gasteiger partial charge in [0.2, 0.25) is 0 Å². The molecule has 2 N–H and O–H groups in total. The molecule has 0 bridgehead atoms. The van der Waals surface area contributed by atoms with Crippen molar-refractivity contribution < 1.29 is 0 Å². The van der Waals surface area contributed by atoms with Crippen LogP contribution in [-0.2, 0) is 7.05 Å². The van der Waals surface area contributed by atoms with E-state index in [4.69, 9.17) is 5.73 Å². The van der Waals surface area contributed by atoms with E-state index < -0.39 is 0 Å². The summed E-state index contributed by atoms with van der Waals surface area (Å²) in [6, 6.07) is 8.85. The molecule has 2 rings (SSSR count). The number of nitrogens with zero attached hydrogens (tertiary/aromatic N) is 2. The fourth-order valence-electron chi connectivity index (χ4n) is 2.78. The maximum atomic E-state index is 6.01. The fraction of sp³-hybridized carbons (Fsp3) is 0.467. The molecule has 3 heteroatoms. The van der Waals surface area contributed by atoms with Crippen LogP contribution in [0.25, 0.3) is 10.9 Å². The first-order chi connectivity index (χ1) is 8.72. The van der Waals surface area contributed by atoms with Crippen molar-refractivity contribution in [1.29, 1.82) is 0 Å². The van der Waals surface area contributed by atoms with Crippen LogP contribution >= 0.6 is 0 Å². The Labute approximate surface area is 109 Å². The Hall–Kier alpha value is -1.32. The Morgan fingerprint density at radius 3 is 2.50 bits per heavy atom. The zero-order valence-corrected chi connectivity index (χ0v) is 11.6. The van der Waals surface area contributed by atoms with Crippen LogP contribution in [0.15, 0.2) is 30.5 Å². The minimum Gasteiger partial charge on any atom is -0.350 e. The SMILES string of the molecule is CCN(CC)C(CN)c1cn(C)c2ccccc12. The molecule has 1 atom stereocenters. The Morgan fingerprint density at radius 1 is 1.22 bits per heavy atom. The van der Waals surface area contributed by atoms with Gasteiger partial charge in [-0.15, -0.1) is 0 Å². The summed E-state index contributed by atoms with van der Waals surface area (Å²) in [4.78, 5) is 2.42. The number of para-hydroxylation sites is 1. The molecule has 3 nitrogen and oxygen atoms in total. The van der Waals surface area contributed by atoms with Gasteiger partial charge in [-0.05, 0) is 24.7 Å². The second-order valence-electron chi connectivity index (χ2n) is 4.69. The van der Waals surface area contributed by atoms with E-state index in [1.54, 1.807) is 0 Å². The lowest BCUT2D eigenvalue weighted by atomic mass is 10.0. The standard InChI is InChI=1S/C15H23N3/c1-4-18(5-2)15(10-16)13-11-17(3)14-9-7-6-8-12(13)14/h6-9,11,15H,4-5,10,16H2,1-3H3. The second kappa shape index (κ2) is 5.55. The third-order valence-electron chi connectivity index (χ3n) is 3.76. The summed E-state index contributed by atoms with van der Waals surface area (Å²) in [5.41, 5.74) is 8.63. The number of nitrogens with two attached hydrogens (primary N) is 1. The van der Waals surface area contributed by atoms with Gasteiger partial charge in [0.15, 0.2) is 0 Å². The number of benzene rings is 1. The highest BCUT2D eigenvalue weighted by molar-refractivity contribution is 5.84. The minimum atomic E-state index is 0.311. The predicted molar refractivity (Wildman–Crippen MR) is 77.6 cm³/mol. The van der Waals surface area contributed by atoms with Crippen LogP contribution in [0.2, 0.25) is 0 Å². The molecule has 0 aliphatic heterocycles. The van der Waals surface area contributed by atoms with Gasteiger partial charge in [0.05, 0.1) is 0 Å². The molecule has 18 heavy (non-hydrogen) atoms. The summed E-state index contributed by atoms with van der Waals surface area (Å²) in [5, 5.41) is 1.32. The van der Waals surface area contributed by atoms with Gasteiger partial charge in [0.1, 0.15) is 0 Å². The van der Waals surface area contributed by atoms with Crippen LogP contribution in [-0.4, -0.2) is 29.1 Å². The normalized spacial score (nSPS) is 13.4. The molecule has 0 aliphatic carbocycles.